The van der Waals surface area contributed by atoms with Gasteiger partial charge in [-0.3, -0.25) is 0 Å². The van der Waals surface area contributed by atoms with E-state index in [4.69, 9.17) is 0 Å². The smallest absolute Gasteiger partial charge is 0.0950 e. The number of benzene rings is 2. The maximum absolute atomic E-state index is 4.13. The fraction of sp³-hybridized carbons (Fsp3) is 0.176. The van der Waals surface area contributed by atoms with Crippen LogP contribution in [0.2, 0.25) is 0 Å². The first-order valence-corrected chi connectivity index (χ1v) is 6.83. The molecule has 0 unspecified atom stereocenters. The van der Waals surface area contributed by atoms with Crippen molar-refractivity contribution in [1.82, 2.24) is 10.2 Å². The number of rotatable bonds is 4. The normalized spacial score (nSPS) is 10.7. The molecule has 1 aromatic heterocycles. The molecule has 1 N–H and O–H groups in total. The molecule has 0 fully saturated rings. The van der Waals surface area contributed by atoms with Gasteiger partial charge >= 0.3 is 0 Å². The largest absolute Gasteiger partial charge is 0.383 e. The van der Waals surface area contributed by atoms with Gasteiger partial charge in [-0.15, -0.1) is 0 Å². The van der Waals surface area contributed by atoms with Crippen LogP contribution in [-0.2, 0) is 6.42 Å². The summed E-state index contributed by atoms with van der Waals surface area (Å²) >= 11 is 0. The summed E-state index contributed by atoms with van der Waals surface area (Å²) in [6.07, 6.45) is 2.80. The van der Waals surface area contributed by atoms with Crippen molar-refractivity contribution >= 4 is 16.6 Å². The molecule has 0 atom stereocenters. The minimum Gasteiger partial charge on any atom is -0.383 e. The lowest BCUT2D eigenvalue weighted by Crippen LogP contribution is -2.06. The number of hydrogen-bond acceptors (Lipinski definition) is 3. The van der Waals surface area contributed by atoms with Crippen LogP contribution in [0.3, 0.4) is 0 Å². The minimum absolute atomic E-state index is 0.889. The Morgan fingerprint density at radius 2 is 1.80 bits per heavy atom. The van der Waals surface area contributed by atoms with Gasteiger partial charge in [0.05, 0.1) is 17.4 Å². The SMILES string of the molecule is Cc1ccccc1CCNc1cnnc2ccccc12. The predicted molar refractivity (Wildman–Crippen MR) is 82.9 cm³/mol. The van der Waals surface area contributed by atoms with Crippen molar-refractivity contribution in [2.45, 2.75) is 13.3 Å². The summed E-state index contributed by atoms with van der Waals surface area (Å²) in [6.45, 7) is 3.04. The van der Waals surface area contributed by atoms with Gasteiger partial charge in [0.15, 0.2) is 0 Å². The predicted octanol–water partition coefficient (Wildman–Crippen LogP) is 3.59. The molecule has 3 heteroatoms. The highest BCUT2D eigenvalue weighted by atomic mass is 15.1. The maximum atomic E-state index is 4.13. The Labute approximate surface area is 118 Å². The van der Waals surface area contributed by atoms with Gasteiger partial charge in [-0.25, -0.2) is 0 Å². The Morgan fingerprint density at radius 3 is 2.70 bits per heavy atom. The second-order valence-electron chi connectivity index (χ2n) is 4.88. The molecule has 3 aromatic rings. The van der Waals surface area contributed by atoms with Crippen molar-refractivity contribution in [3.63, 3.8) is 0 Å². The Hall–Kier alpha value is -2.42. The second-order valence-corrected chi connectivity index (χ2v) is 4.88. The number of nitrogens with one attached hydrogen (secondary N) is 1. The Kier molecular flexibility index (Phi) is 3.59. The zero-order chi connectivity index (χ0) is 13.8. The van der Waals surface area contributed by atoms with Gasteiger partial charge in [0, 0.05) is 11.9 Å². The van der Waals surface area contributed by atoms with Crippen LogP contribution in [-0.4, -0.2) is 16.7 Å². The summed E-state index contributed by atoms with van der Waals surface area (Å²) in [5.41, 5.74) is 4.69. The average molecular weight is 263 g/mol. The number of hydrogen-bond donors (Lipinski definition) is 1. The maximum Gasteiger partial charge on any atom is 0.0950 e. The van der Waals surface area contributed by atoms with Crippen molar-refractivity contribution in [3.05, 3.63) is 65.9 Å². The van der Waals surface area contributed by atoms with Crippen LogP contribution in [0.1, 0.15) is 11.1 Å². The van der Waals surface area contributed by atoms with Crippen LogP contribution < -0.4 is 5.32 Å². The fourth-order valence-corrected chi connectivity index (χ4v) is 2.37. The Bertz CT molecular complexity index is 717. The molecule has 0 saturated carbocycles. The number of anilines is 1. The Morgan fingerprint density at radius 1 is 1.00 bits per heavy atom. The lowest BCUT2D eigenvalue weighted by Gasteiger charge is -2.09. The van der Waals surface area contributed by atoms with Gasteiger partial charge in [0.25, 0.3) is 0 Å². The lowest BCUT2D eigenvalue weighted by molar-refractivity contribution is 0.997. The number of nitrogens with zero attached hydrogens (tertiary/aromatic N) is 2. The highest BCUT2D eigenvalue weighted by Gasteiger charge is 2.02. The lowest BCUT2D eigenvalue weighted by atomic mass is 10.1. The molecular formula is C17H17N3. The highest BCUT2D eigenvalue weighted by molar-refractivity contribution is 5.90. The summed E-state index contributed by atoms with van der Waals surface area (Å²) in [5.74, 6) is 0. The third-order valence-corrected chi connectivity index (χ3v) is 3.52. The molecule has 1 heterocycles. The summed E-state index contributed by atoms with van der Waals surface area (Å²) in [6, 6.07) is 16.6. The zero-order valence-corrected chi connectivity index (χ0v) is 11.5. The monoisotopic (exact) mass is 263 g/mol. The van der Waals surface area contributed by atoms with Crippen molar-refractivity contribution in [1.29, 1.82) is 0 Å². The van der Waals surface area contributed by atoms with Gasteiger partial charge in [-0.1, -0.05) is 42.5 Å². The van der Waals surface area contributed by atoms with Gasteiger partial charge < -0.3 is 5.32 Å². The van der Waals surface area contributed by atoms with E-state index in [2.05, 4.69) is 52.8 Å². The molecule has 2 aromatic carbocycles. The van der Waals surface area contributed by atoms with Crippen molar-refractivity contribution in [2.24, 2.45) is 0 Å². The second kappa shape index (κ2) is 5.70. The first-order valence-electron chi connectivity index (χ1n) is 6.83. The molecule has 0 saturated heterocycles. The molecule has 0 aliphatic carbocycles. The minimum atomic E-state index is 0.889. The summed E-state index contributed by atoms with van der Waals surface area (Å²) in [7, 11) is 0. The van der Waals surface area contributed by atoms with Gasteiger partial charge in [-0.2, -0.15) is 10.2 Å². The molecule has 0 spiro atoms. The molecule has 0 bridgehead atoms. The molecule has 3 nitrogen and oxygen atoms in total. The fourth-order valence-electron chi connectivity index (χ4n) is 2.37. The Balaban J connectivity index is 1.73. The third-order valence-electron chi connectivity index (χ3n) is 3.52. The number of aryl methyl sites for hydroxylation is 1. The molecule has 0 aliphatic heterocycles. The summed E-state index contributed by atoms with van der Waals surface area (Å²) < 4.78 is 0. The quantitative estimate of drug-likeness (QED) is 0.781. The van der Waals surface area contributed by atoms with E-state index < -0.39 is 0 Å². The van der Waals surface area contributed by atoms with E-state index in [1.165, 1.54) is 11.1 Å². The van der Waals surface area contributed by atoms with Gasteiger partial charge in [0.1, 0.15) is 0 Å². The van der Waals surface area contributed by atoms with Crippen LogP contribution in [0, 0.1) is 6.92 Å². The molecular weight excluding hydrogens is 246 g/mol. The van der Waals surface area contributed by atoms with E-state index in [9.17, 15) is 0 Å². The van der Waals surface area contributed by atoms with Crippen LogP contribution in [0.15, 0.2) is 54.7 Å². The van der Waals surface area contributed by atoms with E-state index in [-0.39, 0.29) is 0 Å². The molecule has 3 rings (SSSR count). The number of fused-ring (bicyclic) bond motifs is 1. The van der Waals surface area contributed by atoms with Gasteiger partial charge in [-0.05, 0) is 30.5 Å². The zero-order valence-electron chi connectivity index (χ0n) is 11.5. The molecule has 20 heavy (non-hydrogen) atoms. The molecule has 0 amide bonds. The van der Waals surface area contributed by atoms with Crippen LogP contribution in [0.5, 0.6) is 0 Å². The van der Waals surface area contributed by atoms with E-state index in [1.807, 2.05) is 18.2 Å². The topological polar surface area (TPSA) is 37.8 Å². The van der Waals surface area contributed by atoms with Crippen LogP contribution in [0.4, 0.5) is 5.69 Å². The van der Waals surface area contributed by atoms with Gasteiger partial charge in [0.2, 0.25) is 0 Å². The van der Waals surface area contributed by atoms with Crippen LogP contribution in [0.25, 0.3) is 10.9 Å². The van der Waals surface area contributed by atoms with E-state index in [0.717, 1.165) is 29.6 Å². The standard InChI is InChI=1S/C17H17N3/c1-13-6-2-3-7-14(13)10-11-18-17-12-19-20-16-9-5-4-8-15(16)17/h2-9,12H,10-11H2,1H3,(H,18,20). The van der Waals surface area contributed by atoms with Crippen LogP contribution >= 0.6 is 0 Å². The third kappa shape index (κ3) is 2.62. The average Bonchev–Trinajstić information content (AvgIpc) is 2.49. The van der Waals surface area contributed by atoms with E-state index >= 15 is 0 Å². The van der Waals surface area contributed by atoms with Crippen molar-refractivity contribution < 1.29 is 0 Å². The van der Waals surface area contributed by atoms with E-state index in [0.29, 0.717) is 0 Å². The summed E-state index contributed by atoms with van der Waals surface area (Å²) in [4.78, 5) is 0. The first-order chi connectivity index (χ1) is 9.84. The van der Waals surface area contributed by atoms with Crippen molar-refractivity contribution in [2.75, 3.05) is 11.9 Å². The number of aromatic nitrogens is 2. The highest BCUT2D eigenvalue weighted by Crippen LogP contribution is 2.19. The van der Waals surface area contributed by atoms with Crippen molar-refractivity contribution in [3.8, 4) is 0 Å². The first kappa shape index (κ1) is 12.6. The molecule has 0 aliphatic rings. The summed E-state index contributed by atoms with van der Waals surface area (Å²) in [5, 5.41) is 12.8. The van der Waals surface area contributed by atoms with E-state index in [1.54, 1.807) is 6.20 Å². The molecule has 0 radical (unpaired) electrons. The molecule has 100 valence electrons.